The van der Waals surface area contributed by atoms with Gasteiger partial charge in [0.15, 0.2) is 17.5 Å². The second-order valence-corrected chi connectivity index (χ2v) is 6.76. The number of unbranched alkanes of at least 4 members (excludes halogenated alkanes) is 4. The molecule has 0 fully saturated rings. The van der Waals surface area contributed by atoms with Crippen LogP contribution in [-0.2, 0) is 0 Å². The van der Waals surface area contributed by atoms with E-state index < -0.39 is 0 Å². The Morgan fingerprint density at radius 3 is 2.39 bits per heavy atom. The lowest BCUT2D eigenvalue weighted by Crippen LogP contribution is -2.30. The molecule has 0 saturated carbocycles. The summed E-state index contributed by atoms with van der Waals surface area (Å²) in [6.07, 6.45) is 6.20. The normalized spacial score (nSPS) is 11.1. The van der Waals surface area contributed by atoms with Crippen LogP contribution in [0.3, 0.4) is 0 Å². The monoisotopic (exact) mass is 506 g/mol. The highest BCUT2D eigenvalue weighted by molar-refractivity contribution is 14.0. The maximum Gasteiger partial charge on any atom is 0.195 e. The smallest absolute Gasteiger partial charge is 0.195 e. The van der Waals surface area contributed by atoms with Crippen LogP contribution in [0.4, 0.5) is 5.69 Å². The summed E-state index contributed by atoms with van der Waals surface area (Å²) in [5, 5.41) is 6.65. The molecule has 0 aromatic heterocycles. The van der Waals surface area contributed by atoms with E-state index in [1.807, 2.05) is 25.1 Å². The molecular weight excluding hydrogens is 467 g/mol. The van der Waals surface area contributed by atoms with Gasteiger partial charge in [0.1, 0.15) is 0 Å². The molecule has 1 aromatic rings. The van der Waals surface area contributed by atoms with E-state index in [9.17, 15) is 0 Å². The van der Waals surface area contributed by atoms with Gasteiger partial charge >= 0.3 is 0 Å². The molecule has 162 valence electrons. The molecule has 0 unspecified atom stereocenters. The number of hydrogen-bond acceptors (Lipinski definition) is 4. The minimum Gasteiger partial charge on any atom is -0.493 e. The molecule has 0 amide bonds. The zero-order chi connectivity index (χ0) is 19.9. The highest BCUT2D eigenvalue weighted by atomic mass is 127. The first-order chi connectivity index (χ1) is 13.1. The largest absolute Gasteiger partial charge is 0.493 e. The standard InChI is InChI=1S/C21H38N4O2.HI/c1-6-22-21(23-15-11-9-8-10-12-16-25(3)4)24-18-13-14-19(26-5)20(17-18)27-7-2;/h13-14,17H,6-12,15-16H2,1-5H3,(H2,22,23,24);1H. The highest BCUT2D eigenvalue weighted by Gasteiger charge is 2.07. The topological polar surface area (TPSA) is 58.1 Å². The van der Waals surface area contributed by atoms with Crippen LogP contribution in [-0.4, -0.2) is 58.3 Å². The molecule has 0 atom stereocenters. The molecule has 0 aliphatic carbocycles. The second-order valence-electron chi connectivity index (χ2n) is 6.76. The molecule has 0 aliphatic rings. The number of ether oxygens (including phenoxy) is 2. The zero-order valence-corrected chi connectivity index (χ0v) is 20.5. The van der Waals surface area contributed by atoms with E-state index in [4.69, 9.17) is 9.47 Å². The van der Waals surface area contributed by atoms with Crippen molar-refractivity contribution in [1.29, 1.82) is 0 Å². The van der Waals surface area contributed by atoms with Crippen molar-refractivity contribution in [1.82, 2.24) is 10.2 Å². The number of nitrogens with zero attached hydrogens (tertiary/aromatic N) is 2. The van der Waals surface area contributed by atoms with Crippen LogP contribution in [0.1, 0.15) is 46.0 Å². The predicted octanol–water partition coefficient (Wildman–Crippen LogP) is 4.60. The number of methoxy groups -OCH3 is 1. The number of hydrogen-bond donors (Lipinski definition) is 2. The second kappa shape index (κ2) is 16.7. The van der Waals surface area contributed by atoms with Crippen LogP contribution in [0.2, 0.25) is 0 Å². The minimum absolute atomic E-state index is 0. The number of benzene rings is 1. The van der Waals surface area contributed by atoms with Gasteiger partial charge in [0, 0.05) is 24.8 Å². The van der Waals surface area contributed by atoms with Gasteiger partial charge in [-0.2, -0.15) is 0 Å². The van der Waals surface area contributed by atoms with Gasteiger partial charge < -0.3 is 25.0 Å². The van der Waals surface area contributed by atoms with Crippen LogP contribution in [0.5, 0.6) is 11.5 Å². The van der Waals surface area contributed by atoms with E-state index >= 15 is 0 Å². The van der Waals surface area contributed by atoms with Crippen molar-refractivity contribution in [3.63, 3.8) is 0 Å². The molecule has 1 rings (SSSR count). The average Bonchev–Trinajstić information content (AvgIpc) is 2.64. The van der Waals surface area contributed by atoms with Crippen molar-refractivity contribution < 1.29 is 9.47 Å². The van der Waals surface area contributed by atoms with E-state index in [1.54, 1.807) is 7.11 Å². The summed E-state index contributed by atoms with van der Waals surface area (Å²) in [4.78, 5) is 6.93. The number of aliphatic imine (C=N–C) groups is 1. The first kappa shape index (κ1) is 26.8. The first-order valence-corrected chi connectivity index (χ1v) is 10.1. The summed E-state index contributed by atoms with van der Waals surface area (Å²) in [6.45, 7) is 7.47. The van der Waals surface area contributed by atoms with Crippen molar-refractivity contribution in [2.75, 3.05) is 52.8 Å². The lowest BCUT2D eigenvalue weighted by Gasteiger charge is -2.14. The molecular formula is C21H39IN4O2. The summed E-state index contributed by atoms with van der Waals surface area (Å²) in [5.41, 5.74) is 0.933. The Bertz CT molecular complexity index is 553. The molecule has 0 saturated heterocycles. The fourth-order valence-electron chi connectivity index (χ4n) is 2.73. The summed E-state index contributed by atoms with van der Waals surface area (Å²) in [7, 11) is 5.91. The third-order valence-corrected chi connectivity index (χ3v) is 4.10. The summed E-state index contributed by atoms with van der Waals surface area (Å²) in [5.74, 6) is 2.27. The molecule has 28 heavy (non-hydrogen) atoms. The average molecular weight is 506 g/mol. The maximum atomic E-state index is 5.64. The Kier molecular flexibility index (Phi) is 16.0. The van der Waals surface area contributed by atoms with Gasteiger partial charge in [0.2, 0.25) is 0 Å². The van der Waals surface area contributed by atoms with Crippen LogP contribution >= 0.6 is 24.0 Å². The van der Waals surface area contributed by atoms with Crippen LogP contribution < -0.4 is 20.1 Å². The van der Waals surface area contributed by atoms with E-state index in [1.165, 1.54) is 32.2 Å². The third kappa shape index (κ3) is 11.6. The molecule has 6 nitrogen and oxygen atoms in total. The van der Waals surface area contributed by atoms with Gasteiger partial charge in [-0.15, -0.1) is 24.0 Å². The summed E-state index contributed by atoms with van der Waals surface area (Å²) < 4.78 is 11.0. The van der Waals surface area contributed by atoms with Crippen molar-refractivity contribution >= 4 is 35.6 Å². The lowest BCUT2D eigenvalue weighted by atomic mass is 10.1. The third-order valence-electron chi connectivity index (χ3n) is 4.10. The number of halogens is 1. The van der Waals surface area contributed by atoms with Crippen LogP contribution in [0.15, 0.2) is 23.2 Å². The molecule has 0 spiro atoms. The Hall–Kier alpha value is -1.22. The number of guanidine groups is 1. The van der Waals surface area contributed by atoms with Gasteiger partial charge in [-0.3, -0.25) is 4.99 Å². The van der Waals surface area contributed by atoms with Crippen molar-refractivity contribution in [2.45, 2.75) is 46.0 Å². The molecule has 0 heterocycles. The van der Waals surface area contributed by atoms with Crippen molar-refractivity contribution in [3.8, 4) is 11.5 Å². The molecule has 0 aliphatic heterocycles. The van der Waals surface area contributed by atoms with E-state index in [-0.39, 0.29) is 24.0 Å². The molecule has 1 aromatic carbocycles. The van der Waals surface area contributed by atoms with E-state index in [0.717, 1.165) is 42.7 Å². The SMILES string of the molecule is CCNC(=NCCCCCCCN(C)C)Nc1ccc(OC)c(OCC)c1.I. The van der Waals surface area contributed by atoms with Gasteiger partial charge in [-0.25, -0.2) is 0 Å². The number of rotatable bonds is 13. The lowest BCUT2D eigenvalue weighted by molar-refractivity contribution is 0.311. The first-order valence-electron chi connectivity index (χ1n) is 10.1. The van der Waals surface area contributed by atoms with Crippen molar-refractivity contribution in [2.24, 2.45) is 4.99 Å². The zero-order valence-electron chi connectivity index (χ0n) is 18.2. The van der Waals surface area contributed by atoms with Crippen molar-refractivity contribution in [3.05, 3.63) is 18.2 Å². The molecule has 0 bridgehead atoms. The number of nitrogens with one attached hydrogen (secondary N) is 2. The number of anilines is 1. The molecule has 0 radical (unpaired) electrons. The minimum atomic E-state index is 0. The fraction of sp³-hybridized carbons (Fsp3) is 0.667. The predicted molar refractivity (Wildman–Crippen MR) is 131 cm³/mol. The van der Waals surface area contributed by atoms with Crippen LogP contribution in [0.25, 0.3) is 0 Å². The van der Waals surface area contributed by atoms with Gasteiger partial charge in [0.05, 0.1) is 13.7 Å². The fourth-order valence-corrected chi connectivity index (χ4v) is 2.73. The Balaban J connectivity index is 0.00000729. The van der Waals surface area contributed by atoms with Gasteiger partial charge in [-0.05, 0) is 59.5 Å². The maximum absolute atomic E-state index is 5.64. The van der Waals surface area contributed by atoms with Crippen LogP contribution in [0, 0.1) is 0 Å². The summed E-state index contributed by atoms with van der Waals surface area (Å²) in [6, 6.07) is 5.82. The van der Waals surface area contributed by atoms with Gasteiger partial charge in [-0.1, -0.05) is 19.3 Å². The summed E-state index contributed by atoms with van der Waals surface area (Å²) >= 11 is 0. The quantitative estimate of drug-likeness (QED) is 0.177. The Labute approximate surface area is 188 Å². The molecule has 7 heteroatoms. The molecule has 2 N–H and O–H groups in total. The van der Waals surface area contributed by atoms with E-state index in [2.05, 4.69) is 41.5 Å². The van der Waals surface area contributed by atoms with Gasteiger partial charge in [0.25, 0.3) is 0 Å². The highest BCUT2D eigenvalue weighted by Crippen LogP contribution is 2.30. The Morgan fingerprint density at radius 2 is 1.75 bits per heavy atom. The Morgan fingerprint density at radius 1 is 1.04 bits per heavy atom. The van der Waals surface area contributed by atoms with E-state index in [0.29, 0.717) is 6.61 Å².